The lowest BCUT2D eigenvalue weighted by Crippen LogP contribution is -2.41. The average Bonchev–Trinajstić information content (AvgIpc) is 1.55. The van der Waals surface area contributed by atoms with Crippen molar-refractivity contribution in [1.29, 1.82) is 0 Å². The van der Waals surface area contributed by atoms with Gasteiger partial charge < -0.3 is 22.9 Å². The van der Waals surface area contributed by atoms with Crippen LogP contribution >= 0.6 is 34.3 Å². The maximum atomic E-state index is 6.91. The molecule has 26 rings (SSSR count). The fourth-order valence-corrected chi connectivity index (χ4v) is 20.4. The molecule has 8 heterocycles. The lowest BCUT2D eigenvalue weighted by atomic mass is 9.75. The van der Waals surface area contributed by atoms with Crippen LogP contribution in [0.15, 0.2) is 361 Å². The normalized spacial score (nSPS) is 13.8. The number of aromatic nitrogens is 6. The van der Waals surface area contributed by atoms with Gasteiger partial charge in [-0.3, -0.25) is 0 Å². The maximum absolute atomic E-state index is 6.91. The molecule has 18 aromatic carbocycles. The lowest BCUT2D eigenvalue weighted by Gasteiger charge is -2.32. The quantitative estimate of drug-likeness (QED) is 0.135. The first kappa shape index (κ1) is 77.6. The Hall–Kier alpha value is -14.2. The number of benzene rings is 18. The number of furan rings is 2. The molecule has 2 aliphatic rings. The highest BCUT2D eigenvalue weighted by Gasteiger charge is 2.52. The van der Waals surface area contributed by atoms with E-state index in [0.29, 0.717) is 29.1 Å². The smallest absolute Gasteiger partial charge is 0.455 e. The maximum Gasteiger partial charge on any atom is 0.495 e. The van der Waals surface area contributed by atoms with E-state index in [-0.39, 0.29) is 5.28 Å². The minimum atomic E-state index is -0.476. The molecule has 24 aromatic rings. The van der Waals surface area contributed by atoms with Crippen molar-refractivity contribution < 1.29 is 22.9 Å². The number of halogens is 1. The molecule has 608 valence electrons. The fourth-order valence-electron chi connectivity index (χ4n) is 17.9. The number of ether oxygens (including phenoxy) is 1. The number of hydrogen-bond donors (Lipinski definition) is 0. The molecule has 0 spiro atoms. The van der Waals surface area contributed by atoms with E-state index in [1.54, 1.807) is 22.7 Å². The van der Waals surface area contributed by atoms with Gasteiger partial charge in [0, 0.05) is 114 Å². The zero-order valence-electron chi connectivity index (χ0n) is 69.8. The van der Waals surface area contributed by atoms with E-state index in [4.69, 9.17) is 54.4 Å². The number of hydrogen-bond acceptors (Lipinski definition) is 13. The van der Waals surface area contributed by atoms with E-state index >= 15 is 0 Å². The van der Waals surface area contributed by atoms with Gasteiger partial charge in [0.2, 0.25) is 5.28 Å². The highest BCUT2D eigenvalue weighted by Crippen LogP contribution is 2.47. The summed E-state index contributed by atoms with van der Waals surface area (Å²) in [4.78, 5) is 29.3. The van der Waals surface area contributed by atoms with E-state index in [2.05, 4.69) is 371 Å². The average molecular weight is 1700 g/mol. The van der Waals surface area contributed by atoms with E-state index in [1.165, 1.54) is 90.9 Å². The summed E-state index contributed by atoms with van der Waals surface area (Å²) in [5.41, 5.74) is 12.5. The molecule has 0 amide bonds. The van der Waals surface area contributed by atoms with Gasteiger partial charge in [0.1, 0.15) is 22.3 Å². The summed E-state index contributed by atoms with van der Waals surface area (Å²) in [6, 6.07) is 124. The molecule has 0 atom stereocenters. The largest absolute Gasteiger partial charge is 0.495 e. The molecular formula is C112H78BClN6O5S2. The number of rotatable bonds is 8. The fraction of sp³-hybridized carbons (Fsp3) is 0.0893. The van der Waals surface area contributed by atoms with Crippen LogP contribution in [0.25, 0.3) is 228 Å². The predicted molar refractivity (Wildman–Crippen MR) is 530 cm³/mol. The molecule has 0 unspecified atom stereocenters. The van der Waals surface area contributed by atoms with E-state index in [0.717, 1.165) is 140 Å². The SMILES string of the molecule is C1CCOC1.CC1(C)OB(c2ccc(-c3ccc4ccccc4c3)c3oc4cc5ccccc5cc4c23)OC1(C)C.Clc1nc(-c2ccc3ccccc3c2)nc(-c2ccc3c(c2)sc2ccccc23)n1.c1ccc2cc(-c3nc(-c4ccc5c(c4)sc4ccccc45)nc(-c4ccc(-c5ccc6ccccc6c5)c5oc6cc7ccccc7cc6c45)n3)ccc2c1. The standard InChI is InChI=1S/C51H29N3OS.C32H27BO3.C25H14ClN3S.C4H8O/c1-3-11-32-25-36(19-17-30(32)9-1)39-23-24-42(47-43-27-34-13-5-6-14-35(34)28-44(43)55-48(39)47)51-53-49(37-20-18-31-10-2-4-12-33(31)26-37)52-50(54-51)38-21-22-41-40-15-7-8-16-45(40)56-46(41)29-38;1-31(2)32(3,4)36-33(35-31)27-16-15-25(24-14-13-20-9-5-6-10-21(20)17-24)30-29(27)26-18-22-11-7-8-12-23(22)19-28(26)34-30;26-25-28-23(17-10-9-15-5-1-2-6-16(15)13-17)27-24(29-25)18-11-12-20-19-7-3-4-8-21(19)30-22(20)14-18;1-2-4-5-3-1/h1-29H;5-19H,1-4H3;1-14H;1-4H2. The Morgan fingerprint density at radius 1 is 0.276 bits per heavy atom. The minimum absolute atomic E-state index is 0.194. The first-order chi connectivity index (χ1) is 62.2. The minimum Gasteiger partial charge on any atom is -0.455 e. The monoisotopic (exact) mass is 1700 g/mol. The Labute approximate surface area is 744 Å². The van der Waals surface area contributed by atoms with Gasteiger partial charge >= 0.3 is 7.12 Å². The van der Waals surface area contributed by atoms with E-state index in [1.807, 2.05) is 18.2 Å². The van der Waals surface area contributed by atoms with Crippen LogP contribution in [0.4, 0.5) is 0 Å². The van der Waals surface area contributed by atoms with Crippen molar-refractivity contribution in [1.82, 2.24) is 29.9 Å². The summed E-state index contributed by atoms with van der Waals surface area (Å²) in [6.07, 6.45) is 2.56. The second-order valence-electron chi connectivity index (χ2n) is 33.7. The molecule has 0 aliphatic carbocycles. The highest BCUT2D eigenvalue weighted by molar-refractivity contribution is 7.26. The van der Waals surface area contributed by atoms with Gasteiger partial charge in [-0.15, -0.1) is 22.7 Å². The molecule has 2 saturated heterocycles. The van der Waals surface area contributed by atoms with Crippen molar-refractivity contribution in [2.75, 3.05) is 13.2 Å². The van der Waals surface area contributed by atoms with Crippen LogP contribution in [-0.4, -0.2) is 61.4 Å². The summed E-state index contributed by atoms with van der Waals surface area (Å²) in [6.45, 7) is 10.4. The number of thiophene rings is 2. The Bertz CT molecular complexity index is 8520. The van der Waals surface area contributed by atoms with Crippen molar-refractivity contribution in [2.24, 2.45) is 0 Å². The van der Waals surface area contributed by atoms with Crippen LogP contribution in [0.1, 0.15) is 40.5 Å². The number of fused-ring (bicyclic) bond motifs is 18. The van der Waals surface area contributed by atoms with Gasteiger partial charge in [-0.05, 0) is 218 Å². The third-order valence-corrected chi connectivity index (χ3v) is 27.7. The Balaban J connectivity index is 0.000000112. The van der Waals surface area contributed by atoms with Gasteiger partial charge in [-0.1, -0.05) is 267 Å². The van der Waals surface area contributed by atoms with E-state index in [9.17, 15) is 0 Å². The molecular weight excluding hydrogens is 1620 g/mol. The molecule has 0 radical (unpaired) electrons. The predicted octanol–water partition coefficient (Wildman–Crippen LogP) is 30.3. The topological polar surface area (TPSA) is 131 Å². The third-order valence-electron chi connectivity index (χ3n) is 25.2. The molecule has 6 aromatic heterocycles. The number of nitrogens with zero attached hydrogens (tertiary/aromatic N) is 6. The Morgan fingerprint density at radius 2 is 0.598 bits per heavy atom. The molecule has 2 fully saturated rings. The van der Waals surface area contributed by atoms with Crippen LogP contribution in [0, 0.1) is 0 Å². The first-order valence-electron chi connectivity index (χ1n) is 42.9. The van der Waals surface area contributed by atoms with Crippen LogP contribution in [0.2, 0.25) is 5.28 Å². The van der Waals surface area contributed by atoms with Gasteiger partial charge in [0.05, 0.1) is 11.2 Å². The van der Waals surface area contributed by atoms with Gasteiger partial charge in [0.25, 0.3) is 0 Å². The molecule has 127 heavy (non-hydrogen) atoms. The summed E-state index contributed by atoms with van der Waals surface area (Å²) in [5.74, 6) is 3.00. The van der Waals surface area contributed by atoms with Crippen molar-refractivity contribution in [3.05, 3.63) is 357 Å². The van der Waals surface area contributed by atoms with Crippen molar-refractivity contribution >= 4 is 196 Å². The summed E-state index contributed by atoms with van der Waals surface area (Å²) < 4.78 is 36.5. The first-order valence-corrected chi connectivity index (χ1v) is 44.9. The summed E-state index contributed by atoms with van der Waals surface area (Å²) >= 11 is 9.86. The second-order valence-corrected chi connectivity index (χ2v) is 36.2. The van der Waals surface area contributed by atoms with Crippen LogP contribution < -0.4 is 5.46 Å². The Morgan fingerprint density at radius 3 is 1.03 bits per heavy atom. The summed E-state index contributed by atoms with van der Waals surface area (Å²) in [5, 5.41) is 23.4. The zero-order chi connectivity index (χ0) is 85.0. The molecule has 0 saturated carbocycles. The highest BCUT2D eigenvalue weighted by atomic mass is 35.5. The van der Waals surface area contributed by atoms with E-state index < -0.39 is 18.3 Å². The molecule has 15 heteroatoms. The van der Waals surface area contributed by atoms with Crippen molar-refractivity contribution in [3.8, 4) is 79.2 Å². The molecule has 11 nitrogen and oxygen atoms in total. The van der Waals surface area contributed by atoms with Gasteiger partial charge in [-0.2, -0.15) is 9.97 Å². The second kappa shape index (κ2) is 31.8. The third kappa shape index (κ3) is 14.4. The van der Waals surface area contributed by atoms with Crippen LogP contribution in [0.3, 0.4) is 0 Å². The molecule has 2 aliphatic heterocycles. The summed E-state index contributed by atoms with van der Waals surface area (Å²) in [7, 11) is -0.476. The Kier molecular flexibility index (Phi) is 19.4. The molecule has 0 N–H and O–H groups in total. The van der Waals surface area contributed by atoms with Crippen LogP contribution in [0.5, 0.6) is 0 Å². The lowest BCUT2D eigenvalue weighted by molar-refractivity contribution is 0.00578. The van der Waals surface area contributed by atoms with Crippen molar-refractivity contribution in [3.63, 3.8) is 0 Å². The molecule has 0 bridgehead atoms. The zero-order valence-corrected chi connectivity index (χ0v) is 72.2. The van der Waals surface area contributed by atoms with Crippen LogP contribution in [-0.2, 0) is 14.0 Å². The van der Waals surface area contributed by atoms with Gasteiger partial charge in [-0.25, -0.2) is 19.9 Å². The van der Waals surface area contributed by atoms with Gasteiger partial charge in [0.15, 0.2) is 29.1 Å². The van der Waals surface area contributed by atoms with Crippen molar-refractivity contribution in [2.45, 2.75) is 51.7 Å².